The van der Waals surface area contributed by atoms with Gasteiger partial charge >= 0.3 is 0 Å². The van der Waals surface area contributed by atoms with Crippen LogP contribution in [-0.2, 0) is 17.6 Å². The fraction of sp³-hybridized carbons (Fsp3) is 0.222. The minimum absolute atomic E-state index is 0.00305. The number of rotatable bonds is 6. The van der Waals surface area contributed by atoms with E-state index in [0.717, 1.165) is 23.3 Å². The van der Waals surface area contributed by atoms with Crippen molar-refractivity contribution in [3.63, 3.8) is 0 Å². The first-order valence-corrected chi connectivity index (χ1v) is 7.55. The molecule has 0 radical (unpaired) electrons. The standard InChI is InChI=1S/C18H19N3O2/c1-23-17-5-4-14-3-2-13(8-15(14)9-17)6-7-20-18(22)10-16-11-19-12-21-16/h2-5,8-9,11-12H,6-7,10H2,1H3,(H,19,21)(H,20,22). The number of methoxy groups -OCH3 is 1. The van der Waals surface area contributed by atoms with Gasteiger partial charge in [-0.2, -0.15) is 0 Å². The number of benzene rings is 2. The summed E-state index contributed by atoms with van der Waals surface area (Å²) in [6, 6.07) is 12.3. The smallest absolute Gasteiger partial charge is 0.226 e. The number of imidazole rings is 1. The normalized spacial score (nSPS) is 10.7. The molecule has 3 aromatic rings. The predicted octanol–water partition coefficient (Wildman–Crippen LogP) is 2.47. The van der Waals surface area contributed by atoms with E-state index in [1.54, 1.807) is 19.6 Å². The van der Waals surface area contributed by atoms with E-state index in [1.807, 2.05) is 18.2 Å². The van der Waals surface area contributed by atoms with Crippen molar-refractivity contribution in [1.82, 2.24) is 15.3 Å². The molecule has 0 aliphatic carbocycles. The van der Waals surface area contributed by atoms with Gasteiger partial charge in [0.15, 0.2) is 0 Å². The molecular weight excluding hydrogens is 290 g/mol. The van der Waals surface area contributed by atoms with Crippen molar-refractivity contribution >= 4 is 16.7 Å². The second kappa shape index (κ2) is 6.96. The van der Waals surface area contributed by atoms with Gasteiger partial charge < -0.3 is 15.0 Å². The van der Waals surface area contributed by atoms with Gasteiger partial charge in [0.25, 0.3) is 0 Å². The van der Waals surface area contributed by atoms with E-state index in [1.165, 1.54) is 10.9 Å². The second-order valence-electron chi connectivity index (χ2n) is 5.40. The van der Waals surface area contributed by atoms with Crippen LogP contribution in [0.4, 0.5) is 0 Å². The molecule has 118 valence electrons. The van der Waals surface area contributed by atoms with Gasteiger partial charge in [0.1, 0.15) is 5.75 Å². The number of aromatic amines is 1. The number of carbonyl (C=O) groups excluding carboxylic acids is 1. The van der Waals surface area contributed by atoms with E-state index < -0.39 is 0 Å². The summed E-state index contributed by atoms with van der Waals surface area (Å²) < 4.78 is 5.26. The summed E-state index contributed by atoms with van der Waals surface area (Å²) in [5.41, 5.74) is 2.01. The number of aromatic nitrogens is 2. The van der Waals surface area contributed by atoms with Gasteiger partial charge in [-0.1, -0.05) is 24.3 Å². The van der Waals surface area contributed by atoms with E-state index in [4.69, 9.17) is 4.74 Å². The van der Waals surface area contributed by atoms with Crippen molar-refractivity contribution in [3.8, 4) is 5.75 Å². The lowest BCUT2D eigenvalue weighted by Crippen LogP contribution is -2.27. The van der Waals surface area contributed by atoms with E-state index in [9.17, 15) is 4.79 Å². The molecule has 0 bridgehead atoms. The molecule has 0 unspecified atom stereocenters. The van der Waals surface area contributed by atoms with Gasteiger partial charge in [0.2, 0.25) is 5.91 Å². The number of hydrogen-bond acceptors (Lipinski definition) is 3. The third kappa shape index (κ3) is 3.88. The first-order chi connectivity index (χ1) is 11.2. The highest BCUT2D eigenvalue weighted by Crippen LogP contribution is 2.22. The van der Waals surface area contributed by atoms with Crippen LogP contribution in [0, 0.1) is 0 Å². The Morgan fingerprint density at radius 3 is 2.87 bits per heavy atom. The lowest BCUT2D eigenvalue weighted by molar-refractivity contribution is -0.120. The minimum Gasteiger partial charge on any atom is -0.497 e. The van der Waals surface area contributed by atoms with Crippen molar-refractivity contribution in [2.45, 2.75) is 12.8 Å². The van der Waals surface area contributed by atoms with Gasteiger partial charge in [0.05, 0.1) is 19.9 Å². The van der Waals surface area contributed by atoms with Gasteiger partial charge in [0, 0.05) is 18.4 Å². The van der Waals surface area contributed by atoms with Crippen molar-refractivity contribution < 1.29 is 9.53 Å². The quantitative estimate of drug-likeness (QED) is 0.735. The van der Waals surface area contributed by atoms with Crippen LogP contribution in [0.5, 0.6) is 5.75 Å². The summed E-state index contributed by atoms with van der Waals surface area (Å²) in [6.45, 7) is 0.614. The maximum absolute atomic E-state index is 11.8. The number of amides is 1. The first-order valence-electron chi connectivity index (χ1n) is 7.55. The second-order valence-corrected chi connectivity index (χ2v) is 5.40. The summed E-state index contributed by atoms with van der Waals surface area (Å²) in [5.74, 6) is 0.846. The Morgan fingerprint density at radius 1 is 1.22 bits per heavy atom. The van der Waals surface area contributed by atoms with Crippen molar-refractivity contribution in [2.24, 2.45) is 0 Å². The minimum atomic E-state index is -0.00305. The number of ether oxygens (including phenoxy) is 1. The molecule has 23 heavy (non-hydrogen) atoms. The molecule has 5 nitrogen and oxygen atoms in total. The average Bonchev–Trinajstić information content (AvgIpc) is 3.07. The zero-order valence-corrected chi connectivity index (χ0v) is 13.0. The Hall–Kier alpha value is -2.82. The lowest BCUT2D eigenvalue weighted by atomic mass is 10.0. The third-order valence-corrected chi connectivity index (χ3v) is 3.75. The zero-order valence-electron chi connectivity index (χ0n) is 13.0. The number of carbonyl (C=O) groups is 1. The fourth-order valence-corrected chi connectivity index (χ4v) is 2.52. The average molecular weight is 309 g/mol. The molecule has 0 spiro atoms. The maximum Gasteiger partial charge on any atom is 0.226 e. The molecule has 0 aliphatic rings. The monoisotopic (exact) mass is 309 g/mol. The predicted molar refractivity (Wildman–Crippen MR) is 89.5 cm³/mol. The molecule has 1 aromatic heterocycles. The number of H-pyrrole nitrogens is 1. The Bertz CT molecular complexity index is 797. The van der Waals surface area contributed by atoms with Gasteiger partial charge in [-0.15, -0.1) is 0 Å². The molecule has 2 aromatic carbocycles. The Kier molecular flexibility index (Phi) is 4.57. The molecule has 3 rings (SSSR count). The summed E-state index contributed by atoms with van der Waals surface area (Å²) in [6.07, 6.45) is 4.36. The van der Waals surface area contributed by atoms with Gasteiger partial charge in [-0.3, -0.25) is 4.79 Å². The van der Waals surface area contributed by atoms with E-state index >= 15 is 0 Å². The largest absolute Gasteiger partial charge is 0.497 e. The molecule has 0 atom stereocenters. The number of nitrogens with one attached hydrogen (secondary N) is 2. The van der Waals surface area contributed by atoms with Crippen LogP contribution in [0.1, 0.15) is 11.3 Å². The highest BCUT2D eigenvalue weighted by molar-refractivity contribution is 5.84. The Morgan fingerprint density at radius 2 is 2.09 bits per heavy atom. The first kappa shape index (κ1) is 15.1. The van der Waals surface area contributed by atoms with Crippen molar-refractivity contribution in [3.05, 3.63) is 60.2 Å². The summed E-state index contributed by atoms with van der Waals surface area (Å²) in [4.78, 5) is 18.6. The molecule has 2 N–H and O–H groups in total. The lowest BCUT2D eigenvalue weighted by Gasteiger charge is -2.07. The summed E-state index contributed by atoms with van der Waals surface area (Å²) in [5, 5.41) is 5.25. The number of nitrogens with zero attached hydrogens (tertiary/aromatic N) is 1. The van der Waals surface area contributed by atoms with Crippen LogP contribution in [0.2, 0.25) is 0 Å². The van der Waals surface area contributed by atoms with Gasteiger partial charge in [-0.05, 0) is 34.9 Å². The van der Waals surface area contributed by atoms with E-state index in [2.05, 4.69) is 33.5 Å². The fourth-order valence-electron chi connectivity index (χ4n) is 2.52. The number of hydrogen-bond donors (Lipinski definition) is 2. The molecule has 5 heteroatoms. The van der Waals surface area contributed by atoms with E-state index in [0.29, 0.717) is 13.0 Å². The molecule has 1 heterocycles. The SMILES string of the molecule is COc1ccc2ccc(CCNC(=O)Cc3cnc[nH]3)cc2c1. The molecule has 0 fully saturated rings. The molecule has 0 saturated heterocycles. The Labute approximate surface area is 134 Å². The summed E-state index contributed by atoms with van der Waals surface area (Å²) in [7, 11) is 1.67. The zero-order chi connectivity index (χ0) is 16.1. The van der Waals surface area contributed by atoms with Crippen LogP contribution in [0.25, 0.3) is 10.8 Å². The van der Waals surface area contributed by atoms with E-state index in [-0.39, 0.29) is 5.91 Å². The van der Waals surface area contributed by atoms with Crippen LogP contribution in [-0.4, -0.2) is 29.5 Å². The van der Waals surface area contributed by atoms with Crippen LogP contribution >= 0.6 is 0 Å². The number of fused-ring (bicyclic) bond motifs is 1. The van der Waals surface area contributed by atoms with Crippen molar-refractivity contribution in [2.75, 3.05) is 13.7 Å². The molecule has 0 saturated carbocycles. The van der Waals surface area contributed by atoms with Crippen LogP contribution in [0.3, 0.4) is 0 Å². The maximum atomic E-state index is 11.8. The molecule has 1 amide bonds. The molecular formula is C18H19N3O2. The highest BCUT2D eigenvalue weighted by Gasteiger charge is 2.04. The van der Waals surface area contributed by atoms with Crippen LogP contribution < -0.4 is 10.1 Å². The summed E-state index contributed by atoms with van der Waals surface area (Å²) >= 11 is 0. The van der Waals surface area contributed by atoms with Crippen LogP contribution in [0.15, 0.2) is 48.9 Å². The Balaban J connectivity index is 1.57. The van der Waals surface area contributed by atoms with Gasteiger partial charge in [-0.25, -0.2) is 4.98 Å². The third-order valence-electron chi connectivity index (χ3n) is 3.75. The topological polar surface area (TPSA) is 67.0 Å². The molecule has 0 aliphatic heterocycles. The highest BCUT2D eigenvalue weighted by atomic mass is 16.5. The van der Waals surface area contributed by atoms with Crippen molar-refractivity contribution in [1.29, 1.82) is 0 Å².